The molecule has 0 aliphatic heterocycles. The molecule has 0 aromatic carbocycles. The first kappa shape index (κ1) is 13.9. The number of hydrogen-bond acceptors (Lipinski definition) is 2. The van der Waals surface area contributed by atoms with E-state index in [1.165, 1.54) is 25.7 Å². The van der Waals surface area contributed by atoms with E-state index in [0.29, 0.717) is 5.92 Å². The highest BCUT2D eigenvalue weighted by atomic mass is 35.5. The summed E-state index contributed by atoms with van der Waals surface area (Å²) in [5.41, 5.74) is 8.14. The monoisotopic (exact) mass is 269 g/mol. The van der Waals surface area contributed by atoms with Crippen molar-refractivity contribution in [1.29, 1.82) is 0 Å². The lowest BCUT2D eigenvalue weighted by molar-refractivity contribution is 0.338. The van der Waals surface area contributed by atoms with Crippen LogP contribution < -0.4 is 5.73 Å². The van der Waals surface area contributed by atoms with Crippen molar-refractivity contribution in [3.8, 4) is 0 Å². The smallest absolute Gasteiger partial charge is 0.0849 e. The van der Waals surface area contributed by atoms with Gasteiger partial charge in [-0.15, -0.1) is 0 Å². The number of nitrogens with two attached hydrogens (primary N) is 1. The molecule has 18 heavy (non-hydrogen) atoms. The summed E-state index contributed by atoms with van der Waals surface area (Å²) in [5.74, 6) is 1.34. The fourth-order valence-corrected chi connectivity index (χ4v) is 3.53. The maximum atomic E-state index is 6.41. The minimum absolute atomic E-state index is 0.560. The molecule has 0 spiro atoms. The van der Waals surface area contributed by atoms with Gasteiger partial charge in [-0.25, -0.2) is 0 Å². The molecule has 0 amide bonds. The van der Waals surface area contributed by atoms with Gasteiger partial charge in [0.05, 0.1) is 16.4 Å². The Morgan fingerprint density at radius 2 is 2.11 bits per heavy atom. The minimum atomic E-state index is 0.560. The number of halogens is 1. The van der Waals surface area contributed by atoms with Crippen LogP contribution in [0.5, 0.6) is 0 Å². The van der Waals surface area contributed by atoms with E-state index in [1.807, 2.05) is 11.7 Å². The summed E-state index contributed by atoms with van der Waals surface area (Å²) in [6.07, 6.45) is 7.25. The fourth-order valence-electron chi connectivity index (χ4n) is 3.16. The molecule has 1 aromatic heterocycles. The molecule has 4 heteroatoms. The van der Waals surface area contributed by atoms with Crippen molar-refractivity contribution >= 4 is 11.6 Å². The van der Waals surface area contributed by atoms with Crippen LogP contribution >= 0.6 is 11.6 Å². The summed E-state index contributed by atoms with van der Waals surface area (Å²) in [6, 6.07) is 0. The lowest BCUT2D eigenvalue weighted by Gasteiger charge is -2.21. The Morgan fingerprint density at radius 1 is 1.44 bits per heavy atom. The molecule has 1 heterocycles. The Hall–Kier alpha value is -0.540. The number of hydrogen-bond donors (Lipinski definition) is 1. The topological polar surface area (TPSA) is 43.8 Å². The number of rotatable bonds is 5. The molecular weight excluding hydrogens is 246 g/mol. The average Bonchev–Trinajstić information content (AvgIpc) is 2.97. The molecule has 2 N–H and O–H groups in total. The van der Waals surface area contributed by atoms with Crippen molar-refractivity contribution in [3.63, 3.8) is 0 Å². The normalized spacial score (nSPS) is 18.4. The number of nitrogens with zero attached hydrogens (tertiary/aromatic N) is 2. The summed E-state index contributed by atoms with van der Waals surface area (Å²) >= 11 is 6.41. The largest absolute Gasteiger partial charge is 0.330 e. The molecule has 1 saturated carbocycles. The van der Waals surface area contributed by atoms with Crippen molar-refractivity contribution in [3.05, 3.63) is 16.4 Å². The van der Waals surface area contributed by atoms with E-state index < -0.39 is 0 Å². The third-order valence-corrected chi connectivity index (χ3v) is 4.76. The minimum Gasteiger partial charge on any atom is -0.330 e. The summed E-state index contributed by atoms with van der Waals surface area (Å²) in [7, 11) is 1.99. The van der Waals surface area contributed by atoms with Gasteiger partial charge in [0.1, 0.15) is 0 Å². The molecule has 2 rings (SSSR count). The Bertz CT molecular complexity index is 394. The van der Waals surface area contributed by atoms with Crippen LogP contribution in [0.1, 0.15) is 44.0 Å². The van der Waals surface area contributed by atoms with Crippen molar-refractivity contribution in [1.82, 2.24) is 9.78 Å². The van der Waals surface area contributed by atoms with Gasteiger partial charge < -0.3 is 5.73 Å². The lowest BCUT2D eigenvalue weighted by atomic mass is 9.87. The molecule has 1 aliphatic carbocycles. The Kier molecular flexibility index (Phi) is 4.68. The molecule has 1 fully saturated rings. The summed E-state index contributed by atoms with van der Waals surface area (Å²) in [4.78, 5) is 0. The zero-order valence-corrected chi connectivity index (χ0v) is 12.2. The van der Waals surface area contributed by atoms with Crippen LogP contribution in [-0.4, -0.2) is 16.3 Å². The standard InChI is InChI=1S/C14H24ClN3/c1-3-12-14(15)13(18(2)17-12)8-11(9-16)10-6-4-5-7-10/h10-11H,3-9,16H2,1-2H3. The highest BCUT2D eigenvalue weighted by molar-refractivity contribution is 6.31. The first-order chi connectivity index (χ1) is 8.67. The van der Waals surface area contributed by atoms with Gasteiger partial charge in [0.15, 0.2) is 0 Å². The highest BCUT2D eigenvalue weighted by Gasteiger charge is 2.26. The molecule has 3 nitrogen and oxygen atoms in total. The second-order valence-corrected chi connectivity index (χ2v) is 5.81. The van der Waals surface area contributed by atoms with Gasteiger partial charge in [-0.1, -0.05) is 44.2 Å². The third kappa shape index (κ3) is 2.72. The highest BCUT2D eigenvalue weighted by Crippen LogP contribution is 2.34. The SMILES string of the molecule is CCc1nn(C)c(CC(CN)C2CCCC2)c1Cl. The maximum Gasteiger partial charge on any atom is 0.0849 e. The Morgan fingerprint density at radius 3 is 2.61 bits per heavy atom. The quantitative estimate of drug-likeness (QED) is 0.893. The third-order valence-electron chi connectivity index (χ3n) is 4.33. The summed E-state index contributed by atoms with van der Waals surface area (Å²) < 4.78 is 1.94. The Labute approximate surface area is 115 Å². The number of aryl methyl sites for hydroxylation is 2. The van der Waals surface area contributed by atoms with Crippen LogP contribution in [0.4, 0.5) is 0 Å². The second-order valence-electron chi connectivity index (χ2n) is 5.43. The number of aromatic nitrogens is 2. The van der Waals surface area contributed by atoms with E-state index in [2.05, 4.69) is 12.0 Å². The summed E-state index contributed by atoms with van der Waals surface area (Å²) in [6.45, 7) is 2.85. The van der Waals surface area contributed by atoms with Gasteiger partial charge in [0.25, 0.3) is 0 Å². The van der Waals surface area contributed by atoms with Gasteiger partial charge in [0, 0.05) is 7.05 Å². The zero-order chi connectivity index (χ0) is 13.1. The molecule has 0 radical (unpaired) electrons. The molecule has 0 saturated heterocycles. The first-order valence-corrected chi connectivity index (χ1v) is 7.45. The van der Waals surface area contributed by atoms with Gasteiger partial charge in [0.2, 0.25) is 0 Å². The molecule has 1 atom stereocenters. The van der Waals surface area contributed by atoms with Crippen LogP contribution in [-0.2, 0) is 19.9 Å². The fraction of sp³-hybridized carbons (Fsp3) is 0.786. The van der Waals surface area contributed by atoms with Crippen LogP contribution in [0.2, 0.25) is 5.02 Å². The molecule has 0 bridgehead atoms. The predicted molar refractivity (Wildman–Crippen MR) is 75.8 cm³/mol. The van der Waals surface area contributed by atoms with Crippen molar-refractivity contribution in [2.45, 2.75) is 45.4 Å². The first-order valence-electron chi connectivity index (χ1n) is 7.07. The van der Waals surface area contributed by atoms with E-state index in [0.717, 1.165) is 41.7 Å². The van der Waals surface area contributed by atoms with Gasteiger partial charge in [-0.2, -0.15) is 5.10 Å². The van der Waals surface area contributed by atoms with E-state index in [-0.39, 0.29) is 0 Å². The van der Waals surface area contributed by atoms with Crippen molar-refractivity contribution in [2.75, 3.05) is 6.54 Å². The zero-order valence-electron chi connectivity index (χ0n) is 11.5. The Balaban J connectivity index is 2.13. The summed E-state index contributed by atoms with van der Waals surface area (Å²) in [5, 5.41) is 5.34. The van der Waals surface area contributed by atoms with Gasteiger partial charge in [-0.05, 0) is 31.2 Å². The average molecular weight is 270 g/mol. The van der Waals surface area contributed by atoms with Crippen LogP contribution in [0.3, 0.4) is 0 Å². The van der Waals surface area contributed by atoms with E-state index >= 15 is 0 Å². The van der Waals surface area contributed by atoms with Crippen LogP contribution in [0, 0.1) is 11.8 Å². The molecular formula is C14H24ClN3. The van der Waals surface area contributed by atoms with E-state index in [9.17, 15) is 0 Å². The van der Waals surface area contributed by atoms with Crippen molar-refractivity contribution in [2.24, 2.45) is 24.6 Å². The molecule has 1 aromatic rings. The molecule has 1 aliphatic rings. The van der Waals surface area contributed by atoms with Gasteiger partial charge in [-0.3, -0.25) is 4.68 Å². The van der Waals surface area contributed by atoms with E-state index in [4.69, 9.17) is 17.3 Å². The molecule has 102 valence electrons. The second kappa shape index (κ2) is 6.07. The van der Waals surface area contributed by atoms with E-state index in [1.54, 1.807) is 0 Å². The predicted octanol–water partition coefficient (Wildman–Crippen LogP) is 2.94. The van der Waals surface area contributed by atoms with Gasteiger partial charge >= 0.3 is 0 Å². The van der Waals surface area contributed by atoms with Crippen LogP contribution in [0.25, 0.3) is 0 Å². The van der Waals surface area contributed by atoms with Crippen LogP contribution in [0.15, 0.2) is 0 Å². The molecule has 1 unspecified atom stereocenters. The lowest BCUT2D eigenvalue weighted by Crippen LogP contribution is -2.25. The van der Waals surface area contributed by atoms with Crippen molar-refractivity contribution < 1.29 is 0 Å². The maximum absolute atomic E-state index is 6.41.